The van der Waals surface area contributed by atoms with Gasteiger partial charge in [-0.1, -0.05) is 40.8 Å². The van der Waals surface area contributed by atoms with Gasteiger partial charge in [-0.05, 0) is 17.7 Å². The molecule has 0 saturated heterocycles. The van der Waals surface area contributed by atoms with E-state index in [0.717, 1.165) is 9.90 Å². The average molecular weight is 340 g/mol. The van der Waals surface area contributed by atoms with Crippen molar-refractivity contribution in [2.75, 3.05) is 7.11 Å². The number of benzene rings is 1. The van der Waals surface area contributed by atoms with Crippen molar-refractivity contribution in [1.29, 1.82) is 0 Å². The molecular weight excluding hydrogens is 330 g/mol. The first-order valence-electron chi connectivity index (χ1n) is 5.97. The van der Waals surface area contributed by atoms with Crippen LogP contribution in [0.3, 0.4) is 0 Å². The van der Waals surface area contributed by atoms with Crippen LogP contribution in [0.15, 0.2) is 39.6 Å². The number of methoxy groups -OCH3 is 1. The number of halogens is 1. The van der Waals surface area contributed by atoms with Crippen LogP contribution in [0.2, 0.25) is 5.02 Å². The number of ether oxygens (including phenoxy) is 1. The highest BCUT2D eigenvalue weighted by molar-refractivity contribution is 8.00. The summed E-state index contributed by atoms with van der Waals surface area (Å²) in [7, 11) is 1.58. The van der Waals surface area contributed by atoms with Gasteiger partial charge in [-0.3, -0.25) is 4.79 Å². The van der Waals surface area contributed by atoms with Crippen LogP contribution in [0.4, 0.5) is 0 Å². The molecule has 2 aromatic heterocycles. The zero-order valence-electron chi connectivity index (χ0n) is 10.9. The predicted octanol–water partition coefficient (Wildman–Crippen LogP) is 3.11. The fraction of sp³-hybridized carbons (Fsp3) is 0.154. The van der Waals surface area contributed by atoms with E-state index < -0.39 is 0 Å². The van der Waals surface area contributed by atoms with E-state index in [9.17, 15) is 4.79 Å². The number of nitrogens with zero attached hydrogens (tertiary/aromatic N) is 3. The Morgan fingerprint density at radius 1 is 1.43 bits per heavy atom. The molecule has 0 aliphatic rings. The molecule has 0 unspecified atom stereocenters. The van der Waals surface area contributed by atoms with Gasteiger partial charge in [0, 0.05) is 18.0 Å². The van der Waals surface area contributed by atoms with Crippen LogP contribution < -0.4 is 10.3 Å². The molecule has 0 spiro atoms. The van der Waals surface area contributed by atoms with E-state index in [1.54, 1.807) is 7.11 Å². The van der Waals surface area contributed by atoms with Crippen molar-refractivity contribution in [3.8, 4) is 5.75 Å². The third-order valence-electron chi connectivity index (χ3n) is 2.73. The zero-order chi connectivity index (χ0) is 14.8. The minimum Gasteiger partial charge on any atom is -0.495 e. The van der Waals surface area contributed by atoms with E-state index in [1.165, 1.54) is 39.9 Å². The monoisotopic (exact) mass is 339 g/mol. The lowest BCUT2D eigenvalue weighted by Gasteiger charge is -2.04. The van der Waals surface area contributed by atoms with E-state index in [0.29, 0.717) is 21.5 Å². The summed E-state index contributed by atoms with van der Waals surface area (Å²) in [5.41, 5.74) is 0.890. The van der Waals surface area contributed by atoms with Crippen molar-refractivity contribution in [3.05, 3.63) is 51.4 Å². The molecule has 5 nitrogen and oxygen atoms in total. The first-order chi connectivity index (χ1) is 10.2. The van der Waals surface area contributed by atoms with Gasteiger partial charge in [0.25, 0.3) is 5.56 Å². The highest BCUT2D eigenvalue weighted by atomic mass is 35.5. The van der Waals surface area contributed by atoms with Crippen LogP contribution in [-0.2, 0) is 5.75 Å². The van der Waals surface area contributed by atoms with Crippen molar-refractivity contribution in [3.63, 3.8) is 0 Å². The van der Waals surface area contributed by atoms with Gasteiger partial charge in [-0.25, -0.2) is 4.98 Å². The minimum absolute atomic E-state index is 0.171. The average Bonchev–Trinajstić information content (AvgIpc) is 2.90. The molecule has 3 aromatic rings. The highest BCUT2D eigenvalue weighted by Gasteiger charge is 2.08. The van der Waals surface area contributed by atoms with E-state index in [-0.39, 0.29) is 5.56 Å². The molecule has 3 rings (SSSR count). The molecule has 0 saturated carbocycles. The quantitative estimate of drug-likeness (QED) is 0.684. The van der Waals surface area contributed by atoms with Gasteiger partial charge in [0.2, 0.25) is 4.96 Å². The fourth-order valence-corrected chi connectivity index (χ4v) is 3.86. The van der Waals surface area contributed by atoms with Gasteiger partial charge >= 0.3 is 0 Å². The first kappa shape index (κ1) is 14.4. The van der Waals surface area contributed by atoms with Crippen molar-refractivity contribution < 1.29 is 4.74 Å². The molecule has 0 aliphatic heterocycles. The normalized spacial score (nSPS) is 11.0. The molecule has 1 aromatic carbocycles. The Morgan fingerprint density at radius 3 is 3.00 bits per heavy atom. The van der Waals surface area contributed by atoms with Crippen LogP contribution in [0.1, 0.15) is 5.56 Å². The maximum absolute atomic E-state index is 11.6. The Morgan fingerprint density at radius 2 is 2.29 bits per heavy atom. The van der Waals surface area contributed by atoms with Gasteiger partial charge in [-0.15, -0.1) is 5.10 Å². The number of thioether (sulfide) groups is 1. The van der Waals surface area contributed by atoms with E-state index in [1.807, 2.05) is 18.2 Å². The summed E-state index contributed by atoms with van der Waals surface area (Å²) >= 11 is 9.02. The molecule has 8 heteroatoms. The van der Waals surface area contributed by atoms with Gasteiger partial charge in [0.05, 0.1) is 12.1 Å². The Labute approximate surface area is 133 Å². The lowest BCUT2D eigenvalue weighted by Crippen LogP contribution is -2.12. The van der Waals surface area contributed by atoms with Gasteiger partial charge in [-0.2, -0.15) is 4.52 Å². The summed E-state index contributed by atoms with van der Waals surface area (Å²) in [6, 6.07) is 7.05. The molecule has 0 radical (unpaired) electrons. The maximum Gasteiger partial charge on any atom is 0.275 e. The van der Waals surface area contributed by atoms with E-state index >= 15 is 0 Å². The van der Waals surface area contributed by atoms with E-state index in [4.69, 9.17) is 16.3 Å². The number of fused-ring (bicyclic) bond motifs is 1. The summed E-state index contributed by atoms with van der Waals surface area (Å²) < 4.78 is 7.22. The van der Waals surface area contributed by atoms with Crippen molar-refractivity contribution in [1.82, 2.24) is 14.6 Å². The fourth-order valence-electron chi connectivity index (χ4n) is 1.73. The largest absolute Gasteiger partial charge is 0.495 e. The number of hydrogen-bond acceptors (Lipinski definition) is 6. The molecule has 0 fully saturated rings. The van der Waals surface area contributed by atoms with Crippen LogP contribution in [-0.4, -0.2) is 21.7 Å². The Kier molecular flexibility index (Phi) is 4.14. The molecule has 2 heterocycles. The third-order valence-corrected chi connectivity index (χ3v) is 5.15. The van der Waals surface area contributed by atoms with E-state index in [2.05, 4.69) is 10.1 Å². The predicted molar refractivity (Wildman–Crippen MR) is 84.7 cm³/mol. The Bertz CT molecular complexity index is 847. The van der Waals surface area contributed by atoms with Gasteiger partial charge < -0.3 is 4.74 Å². The summed E-state index contributed by atoms with van der Waals surface area (Å²) in [4.78, 5) is 16.3. The number of rotatable bonds is 4. The summed E-state index contributed by atoms with van der Waals surface area (Å²) in [5, 5.41) is 4.83. The summed E-state index contributed by atoms with van der Waals surface area (Å²) in [5.74, 6) is 1.36. The molecule has 0 atom stereocenters. The van der Waals surface area contributed by atoms with Crippen LogP contribution in [0, 0.1) is 0 Å². The van der Waals surface area contributed by atoms with Crippen LogP contribution in [0.25, 0.3) is 4.96 Å². The van der Waals surface area contributed by atoms with Crippen molar-refractivity contribution >= 4 is 39.7 Å². The molecule has 0 bridgehead atoms. The molecule has 21 heavy (non-hydrogen) atoms. The molecular formula is C13H10ClN3O2S2. The second-order valence-corrected chi connectivity index (χ2v) is 6.69. The SMILES string of the molecule is COc1ccc(CSc2nn3c(=O)ccnc3s2)cc1Cl. The van der Waals surface area contributed by atoms with Gasteiger partial charge in [0.1, 0.15) is 5.75 Å². The smallest absolute Gasteiger partial charge is 0.275 e. The molecule has 0 amide bonds. The maximum atomic E-state index is 11.6. The summed E-state index contributed by atoms with van der Waals surface area (Å²) in [6.07, 6.45) is 1.49. The Balaban J connectivity index is 1.78. The number of aromatic nitrogens is 3. The summed E-state index contributed by atoms with van der Waals surface area (Å²) in [6.45, 7) is 0. The highest BCUT2D eigenvalue weighted by Crippen LogP contribution is 2.30. The molecule has 0 aliphatic carbocycles. The topological polar surface area (TPSA) is 56.5 Å². The van der Waals surface area contributed by atoms with Crippen LogP contribution >= 0.6 is 34.7 Å². The first-order valence-corrected chi connectivity index (χ1v) is 8.15. The lowest BCUT2D eigenvalue weighted by atomic mass is 10.2. The second-order valence-electron chi connectivity index (χ2n) is 4.10. The van der Waals surface area contributed by atoms with Gasteiger partial charge in [0.15, 0.2) is 4.34 Å². The zero-order valence-corrected chi connectivity index (χ0v) is 13.3. The Hall–Kier alpha value is -1.57. The van der Waals surface area contributed by atoms with Crippen molar-refractivity contribution in [2.45, 2.75) is 10.1 Å². The number of hydrogen-bond donors (Lipinski definition) is 0. The standard InChI is InChI=1S/C13H10ClN3O2S2/c1-19-10-3-2-8(6-9(10)14)7-20-13-16-17-11(18)4-5-15-12(17)21-13/h2-6H,7H2,1H3. The minimum atomic E-state index is -0.171. The van der Waals surface area contributed by atoms with Crippen LogP contribution in [0.5, 0.6) is 5.75 Å². The lowest BCUT2D eigenvalue weighted by molar-refractivity contribution is 0.415. The molecule has 108 valence electrons. The third kappa shape index (κ3) is 3.04. The molecule has 0 N–H and O–H groups in total. The van der Waals surface area contributed by atoms with Crippen molar-refractivity contribution in [2.24, 2.45) is 0 Å². The second kappa shape index (κ2) is 6.05.